The summed E-state index contributed by atoms with van der Waals surface area (Å²) in [5.74, 6) is -3.16. The van der Waals surface area contributed by atoms with Crippen LogP contribution in [0.5, 0.6) is 0 Å². The van der Waals surface area contributed by atoms with Crippen LogP contribution >= 0.6 is 37.9 Å². The first-order chi connectivity index (χ1) is 12.7. The molecule has 0 bridgehead atoms. The van der Waals surface area contributed by atoms with Crippen LogP contribution in [0.3, 0.4) is 0 Å². The Balaban J connectivity index is 4.41. The van der Waals surface area contributed by atoms with Crippen LogP contribution in [-0.4, -0.2) is 82.1 Å². The van der Waals surface area contributed by atoms with Gasteiger partial charge in [0.15, 0.2) is 0 Å². The standard InChI is InChI=1S/C14H25N3O7S3/c15-7(14(22)23)1-2-11(19)17-8(4-25)13(21)16-3-12(20)24-10(6-27)9(18)5-26/h7-10,18,25-27H,1-6,15H2,(H,16,21)(H,17,19)(H,22,23)/t7?,8?,9-,10-/m1/s1. The van der Waals surface area contributed by atoms with Crippen molar-refractivity contribution in [3.8, 4) is 0 Å². The Hall–Kier alpha value is -1.15. The molecule has 0 aromatic rings. The Labute approximate surface area is 173 Å². The summed E-state index contributed by atoms with van der Waals surface area (Å²) in [6.45, 7) is -0.480. The summed E-state index contributed by atoms with van der Waals surface area (Å²) in [5, 5.41) is 22.9. The molecular formula is C14H25N3O7S3. The third-order valence-electron chi connectivity index (χ3n) is 3.32. The maximum Gasteiger partial charge on any atom is 0.325 e. The summed E-state index contributed by atoms with van der Waals surface area (Å²) in [5.41, 5.74) is 5.30. The largest absolute Gasteiger partial charge is 0.480 e. The van der Waals surface area contributed by atoms with Crippen molar-refractivity contribution in [3.63, 3.8) is 0 Å². The van der Waals surface area contributed by atoms with E-state index in [-0.39, 0.29) is 30.1 Å². The number of ether oxygens (including phenoxy) is 1. The summed E-state index contributed by atoms with van der Waals surface area (Å²) < 4.78 is 4.98. The maximum atomic E-state index is 12.0. The number of carbonyl (C=O) groups is 4. The summed E-state index contributed by atoms with van der Waals surface area (Å²) in [6.07, 6.45) is -2.13. The minimum atomic E-state index is -1.23. The molecule has 0 aliphatic carbocycles. The van der Waals surface area contributed by atoms with Crippen molar-refractivity contribution in [1.29, 1.82) is 0 Å². The van der Waals surface area contributed by atoms with E-state index in [1.165, 1.54) is 0 Å². The van der Waals surface area contributed by atoms with E-state index in [1.807, 2.05) is 0 Å². The molecule has 0 radical (unpaired) electrons. The molecule has 156 valence electrons. The van der Waals surface area contributed by atoms with E-state index in [4.69, 9.17) is 15.6 Å². The van der Waals surface area contributed by atoms with Crippen molar-refractivity contribution >= 4 is 61.6 Å². The number of esters is 1. The number of amides is 2. The highest BCUT2D eigenvalue weighted by molar-refractivity contribution is 7.80. The Morgan fingerprint density at radius 1 is 1.07 bits per heavy atom. The third kappa shape index (κ3) is 10.7. The normalized spacial score (nSPS) is 15.1. The number of nitrogens with two attached hydrogens (primary N) is 1. The third-order valence-corrected chi connectivity index (χ3v) is 4.42. The van der Waals surface area contributed by atoms with Gasteiger partial charge in [-0.15, -0.1) is 0 Å². The van der Waals surface area contributed by atoms with Crippen LogP contribution in [0.2, 0.25) is 0 Å². The van der Waals surface area contributed by atoms with Crippen molar-refractivity contribution in [2.75, 3.05) is 23.8 Å². The first-order valence-electron chi connectivity index (χ1n) is 7.91. The number of hydrogen-bond donors (Lipinski definition) is 8. The average Bonchev–Trinajstić information content (AvgIpc) is 2.65. The van der Waals surface area contributed by atoms with Gasteiger partial charge in [0.2, 0.25) is 11.8 Å². The summed E-state index contributed by atoms with van der Waals surface area (Å²) in [7, 11) is 0. The summed E-state index contributed by atoms with van der Waals surface area (Å²) >= 11 is 11.8. The lowest BCUT2D eigenvalue weighted by Gasteiger charge is -2.21. The van der Waals surface area contributed by atoms with E-state index in [1.54, 1.807) is 0 Å². The van der Waals surface area contributed by atoms with Crippen molar-refractivity contribution < 1.29 is 34.1 Å². The van der Waals surface area contributed by atoms with Crippen LogP contribution in [0.25, 0.3) is 0 Å². The SMILES string of the molecule is NC(CCC(=O)NC(CS)C(=O)NCC(=O)O[C@H](CS)[C@H](O)CS)C(=O)O. The number of carboxylic acids is 1. The molecule has 2 amide bonds. The molecule has 27 heavy (non-hydrogen) atoms. The maximum absolute atomic E-state index is 12.0. The minimum absolute atomic E-state index is 0.0464. The number of nitrogens with one attached hydrogen (secondary N) is 2. The van der Waals surface area contributed by atoms with E-state index in [0.29, 0.717) is 0 Å². The molecule has 2 unspecified atom stereocenters. The van der Waals surface area contributed by atoms with Gasteiger partial charge in [-0.05, 0) is 6.42 Å². The van der Waals surface area contributed by atoms with Crippen molar-refractivity contribution in [3.05, 3.63) is 0 Å². The van der Waals surface area contributed by atoms with Gasteiger partial charge in [0, 0.05) is 23.7 Å². The Morgan fingerprint density at radius 2 is 1.70 bits per heavy atom. The van der Waals surface area contributed by atoms with Crippen molar-refractivity contribution in [2.24, 2.45) is 5.73 Å². The lowest BCUT2D eigenvalue weighted by molar-refractivity contribution is -0.152. The zero-order valence-corrected chi connectivity index (χ0v) is 17.1. The molecule has 0 aromatic carbocycles. The number of rotatable bonds is 13. The number of carbonyl (C=O) groups excluding carboxylic acids is 3. The van der Waals surface area contributed by atoms with Gasteiger partial charge in [0.1, 0.15) is 30.8 Å². The van der Waals surface area contributed by atoms with Gasteiger partial charge < -0.3 is 31.3 Å². The lowest BCUT2D eigenvalue weighted by Crippen LogP contribution is -2.49. The van der Waals surface area contributed by atoms with E-state index < -0.39 is 54.6 Å². The zero-order valence-electron chi connectivity index (χ0n) is 14.4. The molecule has 0 saturated carbocycles. The number of aliphatic hydroxyl groups excluding tert-OH is 1. The van der Waals surface area contributed by atoms with Gasteiger partial charge in [-0.3, -0.25) is 19.2 Å². The molecular weight excluding hydrogens is 418 g/mol. The summed E-state index contributed by atoms with van der Waals surface area (Å²) in [4.78, 5) is 46.1. The van der Waals surface area contributed by atoms with Gasteiger partial charge >= 0.3 is 11.9 Å². The number of thiol groups is 3. The van der Waals surface area contributed by atoms with Gasteiger partial charge in [0.25, 0.3) is 0 Å². The predicted octanol–water partition coefficient (Wildman–Crippen LogP) is -2.16. The Kier molecular flexibility index (Phi) is 13.3. The van der Waals surface area contributed by atoms with Crippen LogP contribution in [-0.2, 0) is 23.9 Å². The predicted molar refractivity (Wildman–Crippen MR) is 107 cm³/mol. The van der Waals surface area contributed by atoms with Gasteiger partial charge in [0.05, 0.1) is 0 Å². The van der Waals surface area contributed by atoms with Gasteiger partial charge in [-0.2, -0.15) is 37.9 Å². The fourth-order valence-electron chi connectivity index (χ4n) is 1.72. The molecule has 0 aromatic heterocycles. The first kappa shape index (κ1) is 25.9. The molecule has 10 nitrogen and oxygen atoms in total. The topological polar surface area (TPSA) is 168 Å². The van der Waals surface area contributed by atoms with Gasteiger partial charge in [-0.25, -0.2) is 0 Å². The van der Waals surface area contributed by atoms with Crippen LogP contribution in [0.1, 0.15) is 12.8 Å². The second-order valence-corrected chi connectivity index (χ2v) is 6.56. The minimum Gasteiger partial charge on any atom is -0.480 e. The van der Waals surface area contributed by atoms with Crippen molar-refractivity contribution in [1.82, 2.24) is 10.6 Å². The molecule has 6 N–H and O–H groups in total. The van der Waals surface area contributed by atoms with Crippen LogP contribution < -0.4 is 16.4 Å². The molecule has 0 fully saturated rings. The smallest absolute Gasteiger partial charge is 0.325 e. The van der Waals surface area contributed by atoms with Crippen LogP contribution in [0.15, 0.2) is 0 Å². The fourth-order valence-corrected chi connectivity index (χ4v) is 2.53. The van der Waals surface area contributed by atoms with Crippen LogP contribution in [0, 0.1) is 0 Å². The lowest BCUT2D eigenvalue weighted by atomic mass is 10.1. The molecule has 0 aliphatic rings. The average molecular weight is 444 g/mol. The molecule has 13 heteroatoms. The highest BCUT2D eigenvalue weighted by Gasteiger charge is 2.24. The summed E-state index contributed by atoms with van der Waals surface area (Å²) in [6, 6.07) is -2.21. The molecule has 0 aliphatic heterocycles. The monoisotopic (exact) mass is 443 g/mol. The van der Waals surface area contributed by atoms with Crippen molar-refractivity contribution in [2.45, 2.75) is 37.1 Å². The number of aliphatic hydroxyl groups is 1. The number of hydrogen-bond acceptors (Lipinski definition) is 10. The Bertz CT molecular complexity index is 524. The Morgan fingerprint density at radius 3 is 2.19 bits per heavy atom. The molecule has 0 rings (SSSR count). The molecule has 0 heterocycles. The van der Waals surface area contributed by atoms with E-state index in [9.17, 15) is 24.3 Å². The number of carboxylic acid groups (broad SMARTS) is 1. The molecule has 0 spiro atoms. The quantitative estimate of drug-likeness (QED) is 0.118. The van der Waals surface area contributed by atoms with E-state index >= 15 is 0 Å². The molecule has 0 saturated heterocycles. The van der Waals surface area contributed by atoms with Gasteiger partial charge in [-0.1, -0.05) is 0 Å². The fraction of sp³-hybridized carbons (Fsp3) is 0.714. The van der Waals surface area contributed by atoms with Crippen LogP contribution in [0.4, 0.5) is 0 Å². The second-order valence-electron chi connectivity index (χ2n) is 5.46. The van der Waals surface area contributed by atoms with E-state index in [0.717, 1.165) is 0 Å². The highest BCUT2D eigenvalue weighted by atomic mass is 32.1. The first-order valence-corrected chi connectivity index (χ1v) is 9.81. The highest BCUT2D eigenvalue weighted by Crippen LogP contribution is 2.04. The van der Waals surface area contributed by atoms with E-state index in [2.05, 4.69) is 48.5 Å². The number of aliphatic carboxylic acids is 1. The molecule has 4 atom stereocenters. The second kappa shape index (κ2) is 13.9. The zero-order chi connectivity index (χ0) is 21.0.